The second-order valence-electron chi connectivity index (χ2n) is 5.56. The predicted molar refractivity (Wildman–Crippen MR) is 96.8 cm³/mol. The minimum Gasteiger partial charge on any atom is -0.317 e. The lowest BCUT2D eigenvalue weighted by Crippen LogP contribution is -2.21. The third kappa shape index (κ3) is 2.34. The van der Waals surface area contributed by atoms with E-state index in [1.165, 1.54) is 9.13 Å². The molecule has 122 valence electrons. The first kappa shape index (κ1) is 15.8. The Morgan fingerprint density at radius 2 is 1.29 bits per heavy atom. The van der Waals surface area contributed by atoms with Crippen molar-refractivity contribution in [3.05, 3.63) is 50.3 Å². The first-order valence-electron chi connectivity index (χ1n) is 7.36. The molecule has 0 aliphatic rings. The van der Waals surface area contributed by atoms with Crippen LogP contribution in [0.4, 0.5) is 0 Å². The molecule has 0 amide bonds. The van der Waals surface area contributed by atoms with Gasteiger partial charge in [-0.3, -0.25) is 19.6 Å². The Morgan fingerprint density at radius 3 is 1.67 bits per heavy atom. The van der Waals surface area contributed by atoms with Gasteiger partial charge in [0.05, 0.1) is 21.8 Å². The second-order valence-corrected chi connectivity index (χ2v) is 5.56. The Balaban J connectivity index is 2.62. The number of aliphatic imine (C=N–C) groups is 2. The number of nitrogens with zero attached hydrogens (tertiary/aromatic N) is 5. The van der Waals surface area contributed by atoms with E-state index in [0.717, 1.165) is 11.1 Å². The summed E-state index contributed by atoms with van der Waals surface area (Å²) < 4.78 is 2.93. The molecule has 3 aromatic rings. The highest BCUT2D eigenvalue weighted by Crippen LogP contribution is 2.19. The van der Waals surface area contributed by atoms with Gasteiger partial charge in [-0.2, -0.15) is 0 Å². The maximum absolute atomic E-state index is 12.5. The van der Waals surface area contributed by atoms with E-state index >= 15 is 0 Å². The van der Waals surface area contributed by atoms with Gasteiger partial charge in [0.1, 0.15) is 0 Å². The molecule has 0 radical (unpaired) electrons. The summed E-state index contributed by atoms with van der Waals surface area (Å²) in [5.41, 5.74) is 2.08. The van der Waals surface area contributed by atoms with Gasteiger partial charge in [0.25, 0.3) is 11.1 Å². The highest BCUT2D eigenvalue weighted by molar-refractivity contribution is 6.05. The third-order valence-electron chi connectivity index (χ3n) is 3.87. The Morgan fingerprint density at radius 1 is 0.875 bits per heavy atom. The molecule has 0 aromatic carbocycles. The summed E-state index contributed by atoms with van der Waals surface area (Å²) in [6.07, 6.45) is 6.67. The van der Waals surface area contributed by atoms with E-state index in [1.807, 2.05) is 0 Å². The van der Waals surface area contributed by atoms with Crippen molar-refractivity contribution in [3.8, 4) is 0 Å². The number of hydrogen-bond donors (Lipinski definition) is 0. The van der Waals surface area contributed by atoms with Crippen molar-refractivity contribution >= 4 is 34.2 Å². The van der Waals surface area contributed by atoms with Crippen LogP contribution < -0.4 is 11.1 Å². The lowest BCUT2D eigenvalue weighted by atomic mass is 10.1. The number of aryl methyl sites for hydroxylation is 2. The van der Waals surface area contributed by atoms with Crippen LogP contribution in [0.3, 0.4) is 0 Å². The molecule has 0 bridgehead atoms. The molecule has 24 heavy (non-hydrogen) atoms. The van der Waals surface area contributed by atoms with Crippen LogP contribution in [0.2, 0.25) is 0 Å². The van der Waals surface area contributed by atoms with E-state index in [0.29, 0.717) is 21.8 Å². The van der Waals surface area contributed by atoms with Crippen LogP contribution in [0.15, 0.2) is 38.0 Å². The van der Waals surface area contributed by atoms with Crippen LogP contribution in [0.5, 0.6) is 0 Å². The van der Waals surface area contributed by atoms with Crippen LogP contribution in [-0.4, -0.2) is 40.6 Å². The molecule has 3 heterocycles. The minimum absolute atomic E-state index is 0.204. The highest BCUT2D eigenvalue weighted by Gasteiger charge is 2.14. The van der Waals surface area contributed by atoms with E-state index < -0.39 is 0 Å². The summed E-state index contributed by atoms with van der Waals surface area (Å²) in [4.78, 5) is 37.6. The minimum atomic E-state index is -0.204. The Labute approximate surface area is 137 Å². The molecule has 7 nitrogen and oxygen atoms in total. The zero-order chi connectivity index (χ0) is 17.4. The maximum atomic E-state index is 12.5. The fourth-order valence-electron chi connectivity index (χ4n) is 2.78. The molecule has 0 spiro atoms. The van der Waals surface area contributed by atoms with Crippen LogP contribution in [0.1, 0.15) is 11.1 Å². The zero-order valence-electron chi connectivity index (χ0n) is 13.9. The molecule has 0 atom stereocenters. The number of hydrogen-bond acceptors (Lipinski definition) is 5. The molecular weight excluding hydrogens is 306 g/mol. The SMILES string of the molecule is CN=Cc1cn(C)c(=O)c2cc3c(=O)n(C)cc(C=NC)c3nc12. The molecule has 7 heteroatoms. The summed E-state index contributed by atoms with van der Waals surface area (Å²) in [6.45, 7) is 0. The predicted octanol–water partition coefficient (Wildman–Crippen LogP) is 0.883. The summed E-state index contributed by atoms with van der Waals surface area (Å²) in [6, 6.07) is 1.61. The van der Waals surface area contributed by atoms with Crippen molar-refractivity contribution in [1.82, 2.24) is 14.1 Å². The van der Waals surface area contributed by atoms with Crippen molar-refractivity contribution in [3.63, 3.8) is 0 Å². The zero-order valence-corrected chi connectivity index (χ0v) is 13.9. The number of fused-ring (bicyclic) bond motifs is 2. The van der Waals surface area contributed by atoms with E-state index in [2.05, 4.69) is 15.0 Å². The number of pyridine rings is 3. The molecule has 0 unspecified atom stereocenters. The topological polar surface area (TPSA) is 81.6 Å². The van der Waals surface area contributed by atoms with Crippen molar-refractivity contribution in [2.45, 2.75) is 0 Å². The summed E-state index contributed by atoms with van der Waals surface area (Å²) in [5, 5.41) is 0.787. The standard InChI is InChI=1S/C17H17N5O2/c1-18-6-10-8-21(3)16(23)12-5-13-15(20-14(10)12)11(7-19-2)9-22(4)17(13)24/h5-9H,1-4H3. The van der Waals surface area contributed by atoms with Gasteiger partial charge in [0.2, 0.25) is 0 Å². The fourth-order valence-corrected chi connectivity index (χ4v) is 2.78. The van der Waals surface area contributed by atoms with Crippen molar-refractivity contribution in [1.29, 1.82) is 0 Å². The Hall–Kier alpha value is -3.09. The van der Waals surface area contributed by atoms with Crippen LogP contribution in [0.25, 0.3) is 21.8 Å². The van der Waals surface area contributed by atoms with Gasteiger partial charge < -0.3 is 9.13 Å². The molecule has 0 N–H and O–H groups in total. The number of aromatic nitrogens is 3. The average Bonchev–Trinajstić information content (AvgIpc) is 2.56. The average molecular weight is 323 g/mol. The highest BCUT2D eigenvalue weighted by atomic mass is 16.1. The molecule has 3 rings (SSSR count). The summed E-state index contributed by atoms with van der Waals surface area (Å²) in [5.74, 6) is 0. The van der Waals surface area contributed by atoms with Gasteiger partial charge in [0.15, 0.2) is 0 Å². The molecule has 0 fully saturated rings. The van der Waals surface area contributed by atoms with E-state index in [9.17, 15) is 9.59 Å². The summed E-state index contributed by atoms with van der Waals surface area (Å²) in [7, 11) is 6.64. The van der Waals surface area contributed by atoms with Crippen LogP contribution in [0, 0.1) is 0 Å². The van der Waals surface area contributed by atoms with Crippen molar-refractivity contribution < 1.29 is 0 Å². The van der Waals surface area contributed by atoms with Crippen molar-refractivity contribution in [2.24, 2.45) is 24.1 Å². The van der Waals surface area contributed by atoms with Gasteiger partial charge in [-0.05, 0) is 6.07 Å². The molecule has 0 aliphatic heterocycles. The fraction of sp³-hybridized carbons (Fsp3) is 0.235. The quantitative estimate of drug-likeness (QED) is 0.518. The molecule has 0 aliphatic carbocycles. The largest absolute Gasteiger partial charge is 0.317 e. The third-order valence-corrected chi connectivity index (χ3v) is 3.87. The van der Waals surface area contributed by atoms with Gasteiger partial charge in [0, 0.05) is 64.1 Å². The first-order valence-corrected chi connectivity index (χ1v) is 7.36. The van der Waals surface area contributed by atoms with Crippen LogP contribution in [-0.2, 0) is 14.1 Å². The Kier molecular flexibility index (Phi) is 3.84. The molecular formula is C17H17N5O2. The van der Waals surface area contributed by atoms with Crippen LogP contribution >= 0.6 is 0 Å². The lowest BCUT2D eigenvalue weighted by Gasteiger charge is -2.09. The maximum Gasteiger partial charge on any atom is 0.259 e. The first-order chi connectivity index (χ1) is 11.5. The monoisotopic (exact) mass is 323 g/mol. The van der Waals surface area contributed by atoms with E-state index in [-0.39, 0.29) is 11.1 Å². The van der Waals surface area contributed by atoms with E-state index in [4.69, 9.17) is 0 Å². The molecule has 3 aromatic heterocycles. The van der Waals surface area contributed by atoms with Gasteiger partial charge in [-0.1, -0.05) is 0 Å². The Bertz CT molecular complexity index is 1050. The summed E-state index contributed by atoms with van der Waals surface area (Å²) >= 11 is 0. The second kappa shape index (κ2) is 5.84. The smallest absolute Gasteiger partial charge is 0.259 e. The van der Waals surface area contributed by atoms with E-state index in [1.54, 1.807) is 59.1 Å². The van der Waals surface area contributed by atoms with Gasteiger partial charge in [-0.15, -0.1) is 0 Å². The molecule has 0 saturated carbocycles. The van der Waals surface area contributed by atoms with Crippen molar-refractivity contribution in [2.75, 3.05) is 14.1 Å². The lowest BCUT2D eigenvalue weighted by molar-refractivity contribution is 0.866. The van der Waals surface area contributed by atoms with Gasteiger partial charge >= 0.3 is 0 Å². The normalized spacial score (nSPS) is 12.2. The molecule has 0 saturated heterocycles. The van der Waals surface area contributed by atoms with Gasteiger partial charge in [-0.25, -0.2) is 4.98 Å². The number of rotatable bonds is 2.